The van der Waals surface area contributed by atoms with Crippen LogP contribution in [0.4, 0.5) is 0 Å². The molecule has 0 aromatic heterocycles. The molecule has 5 nitrogen and oxygen atoms in total. The molecule has 0 spiro atoms. The van der Waals surface area contributed by atoms with Crippen molar-refractivity contribution in [1.82, 2.24) is 0 Å². The lowest BCUT2D eigenvalue weighted by Gasteiger charge is -2.24. The summed E-state index contributed by atoms with van der Waals surface area (Å²) in [5.41, 5.74) is 1.17. The second-order valence-corrected chi connectivity index (χ2v) is 5.68. The van der Waals surface area contributed by atoms with E-state index in [1.165, 1.54) is 12.7 Å². The molecule has 0 aliphatic carbocycles. The Bertz CT molecular complexity index is 494. The van der Waals surface area contributed by atoms with Crippen molar-refractivity contribution < 1.29 is 23.7 Å². The van der Waals surface area contributed by atoms with Crippen molar-refractivity contribution >= 4 is 5.97 Å². The summed E-state index contributed by atoms with van der Waals surface area (Å²) in [6.45, 7) is 0.750. The van der Waals surface area contributed by atoms with Gasteiger partial charge in [-0.1, -0.05) is 6.07 Å². The number of hydrogen-bond donors (Lipinski definition) is 0. The van der Waals surface area contributed by atoms with E-state index in [0.29, 0.717) is 6.42 Å². The smallest absolute Gasteiger partial charge is 0.305 e. The maximum Gasteiger partial charge on any atom is 0.305 e. The normalized spacial score (nSPS) is 17.6. The number of esters is 1. The van der Waals surface area contributed by atoms with Crippen LogP contribution in [0, 0.1) is 0 Å². The van der Waals surface area contributed by atoms with Crippen molar-refractivity contribution in [3.8, 4) is 11.5 Å². The highest BCUT2D eigenvalue weighted by Gasteiger charge is 2.17. The highest BCUT2D eigenvalue weighted by molar-refractivity contribution is 5.68. The Morgan fingerprint density at radius 2 is 2.09 bits per heavy atom. The lowest BCUT2D eigenvalue weighted by atomic mass is 10.1. The van der Waals surface area contributed by atoms with E-state index in [-0.39, 0.29) is 12.3 Å². The Hall–Kier alpha value is -1.75. The molecular formula is C18H26O5. The summed E-state index contributed by atoms with van der Waals surface area (Å²) in [5, 5.41) is 0. The summed E-state index contributed by atoms with van der Waals surface area (Å²) < 4.78 is 21.6. The van der Waals surface area contributed by atoms with Gasteiger partial charge in [-0.25, -0.2) is 0 Å². The maximum atomic E-state index is 11.1. The minimum atomic E-state index is -0.188. The summed E-state index contributed by atoms with van der Waals surface area (Å²) in [5.74, 6) is 1.29. The Kier molecular flexibility index (Phi) is 7.20. The van der Waals surface area contributed by atoms with Crippen LogP contribution in [0.1, 0.15) is 44.1 Å². The third-order valence-corrected chi connectivity index (χ3v) is 3.95. The zero-order valence-electron chi connectivity index (χ0n) is 14.0. The highest BCUT2D eigenvalue weighted by Crippen LogP contribution is 2.31. The van der Waals surface area contributed by atoms with Gasteiger partial charge in [-0.3, -0.25) is 4.79 Å². The van der Waals surface area contributed by atoms with Crippen LogP contribution in [0.3, 0.4) is 0 Å². The molecule has 1 aliphatic rings. The van der Waals surface area contributed by atoms with Gasteiger partial charge < -0.3 is 18.9 Å². The molecule has 0 saturated carbocycles. The topological polar surface area (TPSA) is 54.0 Å². The van der Waals surface area contributed by atoms with Crippen molar-refractivity contribution in [2.45, 2.75) is 51.2 Å². The van der Waals surface area contributed by atoms with E-state index in [0.717, 1.165) is 56.6 Å². The Balaban J connectivity index is 1.90. The fraction of sp³-hybridized carbons (Fsp3) is 0.611. The maximum absolute atomic E-state index is 11.1. The summed E-state index contributed by atoms with van der Waals surface area (Å²) in [6.07, 6.45) is 6.05. The number of benzene rings is 1. The summed E-state index contributed by atoms with van der Waals surface area (Å²) in [7, 11) is 3.06. The van der Waals surface area contributed by atoms with Crippen molar-refractivity contribution in [1.29, 1.82) is 0 Å². The number of carbonyl (C=O) groups excluding carboxylic acids is 1. The SMILES string of the molecule is COC(=O)CCCCc1ccc(OC)c(OC2CCCCO2)c1. The fourth-order valence-corrected chi connectivity index (χ4v) is 2.61. The van der Waals surface area contributed by atoms with Gasteiger partial charge in [0.05, 0.1) is 20.8 Å². The van der Waals surface area contributed by atoms with Crippen LogP contribution >= 0.6 is 0 Å². The first kappa shape index (κ1) is 17.6. The molecule has 1 aliphatic heterocycles. The molecule has 0 amide bonds. The summed E-state index contributed by atoms with van der Waals surface area (Å²) >= 11 is 0. The van der Waals surface area contributed by atoms with Gasteiger partial charge in [0.1, 0.15) is 0 Å². The van der Waals surface area contributed by atoms with Gasteiger partial charge in [-0.05, 0) is 49.8 Å². The Morgan fingerprint density at radius 1 is 1.22 bits per heavy atom. The third-order valence-electron chi connectivity index (χ3n) is 3.95. The molecule has 1 atom stereocenters. The van der Waals surface area contributed by atoms with Gasteiger partial charge in [0.25, 0.3) is 0 Å². The molecule has 0 radical (unpaired) electrons. The molecule has 1 unspecified atom stereocenters. The first-order valence-electron chi connectivity index (χ1n) is 8.25. The molecule has 2 rings (SSSR count). The highest BCUT2D eigenvalue weighted by atomic mass is 16.7. The quantitative estimate of drug-likeness (QED) is 0.542. The molecule has 23 heavy (non-hydrogen) atoms. The van der Waals surface area contributed by atoms with E-state index >= 15 is 0 Å². The van der Waals surface area contributed by atoms with Crippen LogP contribution in [-0.2, 0) is 20.7 Å². The minimum Gasteiger partial charge on any atom is -0.493 e. The zero-order chi connectivity index (χ0) is 16.5. The molecule has 1 saturated heterocycles. The van der Waals surface area contributed by atoms with Crippen LogP contribution in [-0.4, -0.2) is 33.1 Å². The number of rotatable bonds is 8. The molecular weight excluding hydrogens is 296 g/mol. The lowest BCUT2D eigenvalue weighted by Crippen LogP contribution is -2.25. The number of hydrogen-bond acceptors (Lipinski definition) is 5. The lowest BCUT2D eigenvalue weighted by molar-refractivity contribution is -0.140. The number of aryl methyl sites for hydroxylation is 1. The van der Waals surface area contributed by atoms with Crippen molar-refractivity contribution in [2.24, 2.45) is 0 Å². The van der Waals surface area contributed by atoms with Gasteiger partial charge in [0.2, 0.25) is 0 Å². The molecule has 5 heteroatoms. The zero-order valence-corrected chi connectivity index (χ0v) is 14.0. The van der Waals surface area contributed by atoms with Gasteiger partial charge in [-0.15, -0.1) is 0 Å². The van der Waals surface area contributed by atoms with E-state index in [1.54, 1.807) is 7.11 Å². The monoisotopic (exact) mass is 322 g/mol. The molecule has 1 heterocycles. The number of carbonyl (C=O) groups is 1. The van der Waals surface area contributed by atoms with Crippen LogP contribution in [0.25, 0.3) is 0 Å². The Labute approximate surface area is 137 Å². The molecule has 1 aromatic rings. The van der Waals surface area contributed by atoms with Crippen LogP contribution in [0.15, 0.2) is 18.2 Å². The molecule has 1 aromatic carbocycles. The third kappa shape index (κ3) is 5.75. The second-order valence-electron chi connectivity index (χ2n) is 5.68. The van der Waals surface area contributed by atoms with Gasteiger partial charge in [0.15, 0.2) is 17.8 Å². The average molecular weight is 322 g/mol. The first-order chi connectivity index (χ1) is 11.2. The van der Waals surface area contributed by atoms with Gasteiger partial charge in [-0.2, -0.15) is 0 Å². The van der Waals surface area contributed by atoms with E-state index in [4.69, 9.17) is 14.2 Å². The first-order valence-corrected chi connectivity index (χ1v) is 8.25. The molecule has 0 N–H and O–H groups in total. The summed E-state index contributed by atoms with van der Waals surface area (Å²) in [4.78, 5) is 11.1. The standard InChI is InChI=1S/C18H26O5/c1-20-15-11-10-14(7-3-4-8-17(19)21-2)13-16(15)23-18-9-5-6-12-22-18/h10-11,13,18H,3-9,12H2,1-2H3. The number of unbranched alkanes of at least 4 members (excludes halogenated alkanes) is 1. The van der Waals surface area contributed by atoms with Crippen molar-refractivity contribution in [2.75, 3.05) is 20.8 Å². The summed E-state index contributed by atoms with van der Waals surface area (Å²) in [6, 6.07) is 5.97. The fourth-order valence-electron chi connectivity index (χ4n) is 2.61. The van der Waals surface area contributed by atoms with Crippen molar-refractivity contribution in [3.63, 3.8) is 0 Å². The van der Waals surface area contributed by atoms with Crippen molar-refractivity contribution in [3.05, 3.63) is 23.8 Å². The largest absolute Gasteiger partial charge is 0.493 e. The van der Waals surface area contributed by atoms with Crippen LogP contribution < -0.4 is 9.47 Å². The molecule has 128 valence electrons. The van der Waals surface area contributed by atoms with E-state index < -0.39 is 0 Å². The molecule has 0 bridgehead atoms. The second kappa shape index (κ2) is 9.40. The minimum absolute atomic E-state index is 0.154. The average Bonchev–Trinajstić information content (AvgIpc) is 2.59. The van der Waals surface area contributed by atoms with E-state index in [9.17, 15) is 4.79 Å². The predicted octanol–water partition coefficient (Wildman–Crippen LogP) is 3.49. The number of methoxy groups -OCH3 is 2. The van der Waals surface area contributed by atoms with Crippen LogP contribution in [0.2, 0.25) is 0 Å². The Morgan fingerprint density at radius 3 is 2.78 bits per heavy atom. The van der Waals surface area contributed by atoms with E-state index in [2.05, 4.69) is 4.74 Å². The van der Waals surface area contributed by atoms with Crippen LogP contribution in [0.5, 0.6) is 11.5 Å². The molecule has 1 fully saturated rings. The van der Waals surface area contributed by atoms with Gasteiger partial charge >= 0.3 is 5.97 Å². The number of ether oxygens (including phenoxy) is 4. The van der Waals surface area contributed by atoms with Gasteiger partial charge in [0, 0.05) is 12.8 Å². The predicted molar refractivity (Wildman–Crippen MR) is 86.8 cm³/mol. The van der Waals surface area contributed by atoms with E-state index in [1.807, 2.05) is 18.2 Å².